The van der Waals surface area contributed by atoms with Gasteiger partial charge < -0.3 is 0 Å². The third-order valence-electron chi connectivity index (χ3n) is 3.24. The van der Waals surface area contributed by atoms with E-state index in [-0.39, 0.29) is 5.78 Å². The minimum Gasteiger partial charge on any atom is -0.291 e. The van der Waals surface area contributed by atoms with Crippen LogP contribution in [0.25, 0.3) is 10.1 Å². The molecule has 102 valence electrons. The summed E-state index contributed by atoms with van der Waals surface area (Å²) in [7, 11) is 0. The summed E-state index contributed by atoms with van der Waals surface area (Å²) in [5.74, 6) is -1.00. The molecule has 0 aliphatic carbocycles. The summed E-state index contributed by atoms with van der Waals surface area (Å²) in [6.07, 6.45) is 0. The van der Waals surface area contributed by atoms with E-state index in [1.165, 1.54) is 11.3 Å². The number of benzene rings is 2. The summed E-state index contributed by atoms with van der Waals surface area (Å²) < 4.78 is 1.05. The number of nitrogens with zero attached hydrogens (tertiary/aromatic N) is 1. The summed E-state index contributed by atoms with van der Waals surface area (Å²) in [6.45, 7) is 0. The molecule has 0 saturated heterocycles. The number of fused-ring (bicyclic) bond motifs is 1. The maximum absolute atomic E-state index is 12.6. The zero-order chi connectivity index (χ0) is 14.8. The van der Waals surface area contributed by atoms with Crippen LogP contribution >= 0.6 is 22.9 Å². The van der Waals surface area contributed by atoms with Gasteiger partial charge in [0.2, 0.25) is 0 Å². The monoisotopic (exact) mass is 311 g/mol. The highest BCUT2D eigenvalue weighted by molar-refractivity contribution is 7.20. The first kappa shape index (κ1) is 13.8. The molecule has 0 spiro atoms. The van der Waals surface area contributed by atoms with Gasteiger partial charge in [0.1, 0.15) is 5.92 Å². The van der Waals surface area contributed by atoms with Crippen molar-refractivity contribution in [1.82, 2.24) is 0 Å². The number of halogens is 1. The number of ketones is 1. The predicted molar refractivity (Wildman–Crippen MR) is 86.0 cm³/mol. The molecule has 1 aromatic heterocycles. The van der Waals surface area contributed by atoms with Crippen molar-refractivity contribution in [2.75, 3.05) is 0 Å². The van der Waals surface area contributed by atoms with Crippen molar-refractivity contribution in [2.24, 2.45) is 0 Å². The maximum Gasteiger partial charge on any atom is 0.194 e. The molecule has 0 amide bonds. The summed E-state index contributed by atoms with van der Waals surface area (Å²) in [5, 5.41) is 10.9. The van der Waals surface area contributed by atoms with Crippen molar-refractivity contribution in [1.29, 1.82) is 5.26 Å². The number of rotatable bonds is 3. The highest BCUT2D eigenvalue weighted by atomic mass is 35.5. The summed E-state index contributed by atoms with van der Waals surface area (Å²) in [6, 6.07) is 18.6. The van der Waals surface area contributed by atoms with Crippen molar-refractivity contribution in [3.05, 3.63) is 70.1 Å². The predicted octanol–water partition coefficient (Wildman–Crippen LogP) is 5.04. The van der Waals surface area contributed by atoms with Gasteiger partial charge in [-0.3, -0.25) is 4.79 Å². The molecule has 0 fully saturated rings. The number of thiophene rings is 1. The highest BCUT2D eigenvalue weighted by Gasteiger charge is 2.23. The smallest absolute Gasteiger partial charge is 0.194 e. The van der Waals surface area contributed by atoms with E-state index in [9.17, 15) is 10.1 Å². The molecule has 1 atom stereocenters. The number of Topliss-reactive ketones (excluding diaryl/α,β-unsaturated/α-hetero) is 1. The van der Waals surface area contributed by atoms with E-state index in [1.54, 1.807) is 24.3 Å². The highest BCUT2D eigenvalue weighted by Crippen LogP contribution is 2.30. The SMILES string of the molecule is N#CC(C(=O)c1cc2ccccc2s1)c1cccc(Cl)c1. The number of hydrogen-bond donors (Lipinski definition) is 0. The second kappa shape index (κ2) is 5.69. The second-order valence-electron chi connectivity index (χ2n) is 4.63. The zero-order valence-corrected chi connectivity index (χ0v) is 12.5. The first-order chi connectivity index (χ1) is 10.2. The molecule has 0 aliphatic heterocycles. The molecule has 0 bridgehead atoms. The van der Waals surface area contributed by atoms with Crippen LogP contribution in [0, 0.1) is 11.3 Å². The fourth-order valence-corrected chi connectivity index (χ4v) is 3.45. The molecule has 2 aromatic carbocycles. The summed E-state index contributed by atoms with van der Waals surface area (Å²) in [4.78, 5) is 13.2. The quantitative estimate of drug-likeness (QED) is 0.635. The van der Waals surface area contributed by atoms with Gasteiger partial charge in [-0.05, 0) is 35.2 Å². The first-order valence-corrected chi connectivity index (χ1v) is 7.56. The van der Waals surface area contributed by atoms with E-state index in [1.807, 2.05) is 30.3 Å². The maximum atomic E-state index is 12.6. The van der Waals surface area contributed by atoms with E-state index in [2.05, 4.69) is 6.07 Å². The molecule has 1 unspecified atom stereocenters. The molecule has 21 heavy (non-hydrogen) atoms. The number of carbonyl (C=O) groups excluding carboxylic acids is 1. The molecular formula is C17H10ClNOS. The minimum absolute atomic E-state index is 0.180. The van der Waals surface area contributed by atoms with Gasteiger partial charge in [0.15, 0.2) is 5.78 Å². The van der Waals surface area contributed by atoms with Crippen LogP contribution < -0.4 is 0 Å². The fourth-order valence-electron chi connectivity index (χ4n) is 2.22. The fraction of sp³-hybridized carbons (Fsp3) is 0.0588. The second-order valence-corrected chi connectivity index (χ2v) is 6.15. The average Bonchev–Trinajstić information content (AvgIpc) is 2.92. The Kier molecular flexibility index (Phi) is 3.74. The normalized spacial score (nSPS) is 12.0. The molecular weight excluding hydrogens is 302 g/mol. The Hall–Kier alpha value is -2.15. The number of nitriles is 1. The van der Waals surface area contributed by atoms with E-state index in [0.29, 0.717) is 15.5 Å². The van der Waals surface area contributed by atoms with E-state index in [0.717, 1.165) is 10.1 Å². The lowest BCUT2D eigenvalue weighted by Gasteiger charge is -2.07. The van der Waals surface area contributed by atoms with Crippen molar-refractivity contribution < 1.29 is 4.79 Å². The Morgan fingerprint density at radius 1 is 1.14 bits per heavy atom. The standard InChI is InChI=1S/C17H10ClNOS/c18-13-6-3-5-11(8-13)14(10-19)17(20)16-9-12-4-1-2-7-15(12)21-16/h1-9,14H. The lowest BCUT2D eigenvalue weighted by molar-refractivity contribution is 0.0983. The van der Waals surface area contributed by atoms with Gasteiger partial charge in [-0.1, -0.05) is 41.9 Å². The van der Waals surface area contributed by atoms with E-state index in [4.69, 9.17) is 11.6 Å². The van der Waals surface area contributed by atoms with Crippen LogP contribution in [-0.2, 0) is 0 Å². The summed E-state index contributed by atoms with van der Waals surface area (Å²) >= 11 is 7.36. The topological polar surface area (TPSA) is 40.9 Å². The van der Waals surface area contributed by atoms with Crippen molar-refractivity contribution in [3.8, 4) is 6.07 Å². The van der Waals surface area contributed by atoms with Gasteiger partial charge in [-0.25, -0.2) is 0 Å². The molecule has 0 radical (unpaired) electrons. The van der Waals surface area contributed by atoms with Crippen molar-refractivity contribution in [3.63, 3.8) is 0 Å². The van der Waals surface area contributed by atoms with Gasteiger partial charge in [-0.2, -0.15) is 5.26 Å². The Balaban J connectivity index is 2.01. The molecule has 3 aromatic rings. The largest absolute Gasteiger partial charge is 0.291 e. The van der Waals surface area contributed by atoms with Gasteiger partial charge in [-0.15, -0.1) is 11.3 Å². The van der Waals surface area contributed by atoms with Crippen LogP contribution in [0.1, 0.15) is 21.2 Å². The van der Waals surface area contributed by atoms with Crippen LogP contribution in [0.5, 0.6) is 0 Å². The van der Waals surface area contributed by atoms with Crippen LogP contribution in [0.4, 0.5) is 0 Å². The zero-order valence-electron chi connectivity index (χ0n) is 10.9. The van der Waals surface area contributed by atoms with Crippen molar-refractivity contribution in [2.45, 2.75) is 5.92 Å². The van der Waals surface area contributed by atoms with Crippen LogP contribution in [0.15, 0.2) is 54.6 Å². The van der Waals surface area contributed by atoms with E-state index < -0.39 is 5.92 Å². The Labute approximate surface area is 131 Å². The third kappa shape index (κ3) is 2.69. The third-order valence-corrected chi connectivity index (χ3v) is 4.61. The van der Waals surface area contributed by atoms with Crippen LogP contribution in [0.3, 0.4) is 0 Å². The Morgan fingerprint density at radius 2 is 1.95 bits per heavy atom. The molecule has 4 heteroatoms. The molecule has 1 heterocycles. The molecule has 0 saturated carbocycles. The van der Waals surface area contributed by atoms with Gasteiger partial charge >= 0.3 is 0 Å². The first-order valence-electron chi connectivity index (χ1n) is 6.37. The number of hydrogen-bond acceptors (Lipinski definition) is 3. The van der Waals surface area contributed by atoms with Gasteiger partial charge in [0.05, 0.1) is 10.9 Å². The number of carbonyl (C=O) groups is 1. The van der Waals surface area contributed by atoms with Crippen LogP contribution in [0.2, 0.25) is 5.02 Å². The molecule has 0 aliphatic rings. The minimum atomic E-state index is -0.822. The Bertz CT molecular complexity index is 829. The molecule has 3 rings (SSSR count). The van der Waals surface area contributed by atoms with Gasteiger partial charge in [0, 0.05) is 9.72 Å². The lowest BCUT2D eigenvalue weighted by Crippen LogP contribution is -2.09. The van der Waals surface area contributed by atoms with E-state index >= 15 is 0 Å². The van der Waals surface area contributed by atoms with Crippen LogP contribution in [-0.4, -0.2) is 5.78 Å². The van der Waals surface area contributed by atoms with Gasteiger partial charge in [0.25, 0.3) is 0 Å². The summed E-state index contributed by atoms with van der Waals surface area (Å²) in [5.41, 5.74) is 0.632. The Morgan fingerprint density at radius 3 is 2.67 bits per heavy atom. The average molecular weight is 312 g/mol. The molecule has 2 nitrogen and oxygen atoms in total. The molecule has 0 N–H and O–H groups in total. The lowest BCUT2D eigenvalue weighted by atomic mass is 9.95. The van der Waals surface area contributed by atoms with Crippen molar-refractivity contribution >= 4 is 38.8 Å².